The third kappa shape index (κ3) is 6.60. The number of carboxylic acid groups (broad SMARTS) is 1. The number of hydrogen-bond acceptors (Lipinski definition) is 1. The van der Waals surface area contributed by atoms with Crippen LogP contribution in [-0.4, -0.2) is 11.1 Å². The minimum atomic E-state index is -0.759. The first kappa shape index (κ1) is 14.2. The second kappa shape index (κ2) is 8.48. The molecule has 0 radical (unpaired) electrons. The maximum absolute atomic E-state index is 10.0. The molecule has 2 heteroatoms. The van der Waals surface area contributed by atoms with Crippen LogP contribution >= 0.6 is 0 Å². The van der Waals surface area contributed by atoms with Crippen LogP contribution in [0.3, 0.4) is 0 Å². The summed E-state index contributed by atoms with van der Waals surface area (Å²) in [6.07, 6.45) is 3.99. The molecule has 0 bridgehead atoms. The van der Waals surface area contributed by atoms with E-state index in [1.165, 1.54) is 5.56 Å². The molecule has 0 heterocycles. The van der Waals surface area contributed by atoms with Gasteiger partial charge in [0, 0.05) is 0 Å². The Labute approximate surface area is 96.9 Å². The van der Waals surface area contributed by atoms with E-state index in [1.54, 1.807) is 13.0 Å². The largest absolute Gasteiger partial charge is 0.481 e. The van der Waals surface area contributed by atoms with Crippen molar-refractivity contribution < 1.29 is 9.90 Å². The Hall–Kier alpha value is -1.83. The fraction of sp³-hybridized carbons (Fsp3) is 0.214. The Balaban J connectivity index is 0.000000281. The molecule has 1 atom stereocenters. The van der Waals surface area contributed by atoms with Crippen molar-refractivity contribution in [2.24, 2.45) is 5.92 Å². The van der Waals surface area contributed by atoms with Gasteiger partial charge in [-0.15, -0.1) is 6.58 Å². The van der Waals surface area contributed by atoms with E-state index in [4.69, 9.17) is 5.11 Å². The second-order valence-corrected chi connectivity index (χ2v) is 3.38. The van der Waals surface area contributed by atoms with E-state index in [-0.39, 0.29) is 5.92 Å². The summed E-state index contributed by atoms with van der Waals surface area (Å²) in [4.78, 5) is 10.0. The van der Waals surface area contributed by atoms with E-state index in [9.17, 15) is 4.79 Å². The Kier molecular flexibility index (Phi) is 7.51. The second-order valence-electron chi connectivity index (χ2n) is 3.38. The van der Waals surface area contributed by atoms with Gasteiger partial charge in [0.25, 0.3) is 0 Å². The summed E-state index contributed by atoms with van der Waals surface area (Å²) in [5.41, 5.74) is 1.17. The van der Waals surface area contributed by atoms with Crippen molar-refractivity contribution in [2.75, 3.05) is 0 Å². The lowest BCUT2D eigenvalue weighted by Crippen LogP contribution is -2.07. The van der Waals surface area contributed by atoms with Gasteiger partial charge < -0.3 is 5.11 Å². The van der Waals surface area contributed by atoms with Gasteiger partial charge in [-0.1, -0.05) is 56.0 Å². The zero-order chi connectivity index (χ0) is 12.4. The molecule has 16 heavy (non-hydrogen) atoms. The Morgan fingerprint density at radius 3 is 2.19 bits per heavy atom. The topological polar surface area (TPSA) is 37.3 Å². The highest BCUT2D eigenvalue weighted by molar-refractivity contribution is 5.69. The minimum Gasteiger partial charge on any atom is -0.481 e. The first-order valence-electron chi connectivity index (χ1n) is 5.13. The molecule has 1 aromatic rings. The highest BCUT2D eigenvalue weighted by Crippen LogP contribution is 2.00. The zero-order valence-corrected chi connectivity index (χ0v) is 9.60. The smallest absolute Gasteiger partial charge is 0.306 e. The first-order chi connectivity index (χ1) is 7.61. The molecule has 0 aliphatic carbocycles. The Morgan fingerprint density at radius 2 is 1.94 bits per heavy atom. The molecule has 0 saturated heterocycles. The summed E-state index contributed by atoms with van der Waals surface area (Å²) in [7, 11) is 0. The van der Waals surface area contributed by atoms with E-state index in [0.717, 1.165) is 0 Å². The summed E-state index contributed by atoms with van der Waals surface area (Å²) < 4.78 is 0. The highest BCUT2D eigenvalue weighted by atomic mass is 16.4. The van der Waals surface area contributed by atoms with Crippen molar-refractivity contribution in [3.8, 4) is 0 Å². The van der Waals surface area contributed by atoms with E-state index in [1.807, 2.05) is 36.4 Å². The fourth-order valence-electron chi connectivity index (χ4n) is 0.940. The third-order valence-corrected chi connectivity index (χ3v) is 1.98. The van der Waals surface area contributed by atoms with Crippen LogP contribution in [0.15, 0.2) is 49.6 Å². The van der Waals surface area contributed by atoms with Crippen LogP contribution in [0, 0.1) is 5.92 Å². The lowest BCUT2D eigenvalue weighted by molar-refractivity contribution is -0.140. The number of hydrogen-bond donors (Lipinski definition) is 1. The molecular formula is C14H18O2. The summed E-state index contributed by atoms with van der Waals surface area (Å²) in [6, 6.07) is 10.0. The monoisotopic (exact) mass is 218 g/mol. The minimum absolute atomic E-state index is 0.285. The molecule has 2 nitrogen and oxygen atoms in total. The van der Waals surface area contributed by atoms with Crippen molar-refractivity contribution in [3.05, 3.63) is 55.1 Å². The number of rotatable bonds is 4. The lowest BCUT2D eigenvalue weighted by atomic mass is 10.1. The van der Waals surface area contributed by atoms with Crippen LogP contribution in [-0.2, 0) is 4.79 Å². The van der Waals surface area contributed by atoms with Gasteiger partial charge in [-0.05, 0) is 12.0 Å². The molecule has 0 aliphatic rings. The SMILES string of the molecule is C=CCC(C)C(=O)O.C=Cc1ccccc1. The van der Waals surface area contributed by atoms with Crippen LogP contribution in [0.2, 0.25) is 0 Å². The number of benzene rings is 1. The van der Waals surface area contributed by atoms with Crippen molar-refractivity contribution in [2.45, 2.75) is 13.3 Å². The molecule has 0 aliphatic heterocycles. The van der Waals surface area contributed by atoms with Gasteiger partial charge in [-0.25, -0.2) is 0 Å². The third-order valence-electron chi connectivity index (χ3n) is 1.98. The Bertz CT molecular complexity index is 328. The number of carboxylic acids is 1. The summed E-state index contributed by atoms with van der Waals surface area (Å²) >= 11 is 0. The molecule has 0 amide bonds. The van der Waals surface area contributed by atoms with Crippen LogP contribution in [0.25, 0.3) is 6.08 Å². The Morgan fingerprint density at radius 1 is 1.38 bits per heavy atom. The first-order valence-corrected chi connectivity index (χ1v) is 5.13. The highest BCUT2D eigenvalue weighted by Gasteiger charge is 2.06. The van der Waals surface area contributed by atoms with E-state index >= 15 is 0 Å². The van der Waals surface area contributed by atoms with Gasteiger partial charge in [0.05, 0.1) is 5.92 Å². The summed E-state index contributed by atoms with van der Waals surface area (Å²) in [5, 5.41) is 8.27. The molecule has 0 spiro atoms. The summed E-state index contributed by atoms with van der Waals surface area (Å²) in [6.45, 7) is 8.71. The fourth-order valence-corrected chi connectivity index (χ4v) is 0.940. The normalized spacial score (nSPS) is 10.6. The van der Waals surface area contributed by atoms with E-state index < -0.39 is 5.97 Å². The van der Waals surface area contributed by atoms with Crippen molar-refractivity contribution in [3.63, 3.8) is 0 Å². The van der Waals surface area contributed by atoms with Crippen molar-refractivity contribution in [1.82, 2.24) is 0 Å². The molecule has 1 aromatic carbocycles. The van der Waals surface area contributed by atoms with E-state index in [0.29, 0.717) is 6.42 Å². The van der Waals surface area contributed by atoms with Crippen molar-refractivity contribution >= 4 is 12.0 Å². The zero-order valence-electron chi connectivity index (χ0n) is 9.60. The molecular weight excluding hydrogens is 200 g/mol. The molecule has 0 fully saturated rings. The van der Waals surface area contributed by atoms with Gasteiger partial charge in [-0.2, -0.15) is 0 Å². The van der Waals surface area contributed by atoms with Gasteiger partial charge in [0.1, 0.15) is 0 Å². The van der Waals surface area contributed by atoms with Gasteiger partial charge in [0.15, 0.2) is 0 Å². The maximum Gasteiger partial charge on any atom is 0.306 e. The average molecular weight is 218 g/mol. The number of carbonyl (C=O) groups is 1. The summed E-state index contributed by atoms with van der Waals surface area (Å²) in [5.74, 6) is -1.04. The van der Waals surface area contributed by atoms with Crippen LogP contribution < -0.4 is 0 Å². The number of allylic oxidation sites excluding steroid dienone is 1. The van der Waals surface area contributed by atoms with Gasteiger partial charge in [0.2, 0.25) is 0 Å². The molecule has 0 saturated carbocycles. The van der Waals surface area contributed by atoms with Crippen LogP contribution in [0.1, 0.15) is 18.9 Å². The molecule has 86 valence electrons. The average Bonchev–Trinajstić information content (AvgIpc) is 2.31. The predicted molar refractivity (Wildman–Crippen MR) is 68.1 cm³/mol. The van der Waals surface area contributed by atoms with Gasteiger partial charge >= 0.3 is 5.97 Å². The molecule has 1 rings (SSSR count). The van der Waals surface area contributed by atoms with E-state index in [2.05, 4.69) is 13.2 Å². The lowest BCUT2D eigenvalue weighted by Gasteiger charge is -1.97. The van der Waals surface area contributed by atoms with Crippen molar-refractivity contribution in [1.29, 1.82) is 0 Å². The van der Waals surface area contributed by atoms with Gasteiger partial charge in [-0.3, -0.25) is 4.79 Å². The van der Waals surface area contributed by atoms with Crippen LogP contribution in [0.5, 0.6) is 0 Å². The predicted octanol–water partition coefficient (Wildman–Crippen LogP) is 3.61. The quantitative estimate of drug-likeness (QED) is 0.784. The number of aliphatic carboxylic acids is 1. The molecule has 1 N–H and O–H groups in total. The van der Waals surface area contributed by atoms with Crippen LogP contribution in [0.4, 0.5) is 0 Å². The maximum atomic E-state index is 10.0. The molecule has 1 unspecified atom stereocenters. The standard InChI is InChI=1S/C8H8.C6H10O2/c1-2-8-6-4-3-5-7-8;1-3-4-5(2)6(7)8/h2-7H,1H2;3,5H,1,4H2,2H3,(H,7,8). The molecule has 0 aromatic heterocycles.